The zero-order valence-corrected chi connectivity index (χ0v) is 41.6. The number of anilines is 3. The minimum Gasteiger partial charge on any atom is -0.384 e. The molecule has 6 amide bonds. The predicted octanol–water partition coefficient (Wildman–Crippen LogP) is 7.73. The van der Waals surface area contributed by atoms with E-state index < -0.39 is 64.3 Å². The van der Waals surface area contributed by atoms with Gasteiger partial charge in [-0.15, -0.1) is 0 Å². The fourth-order valence-electron chi connectivity index (χ4n) is 11.4. The minimum atomic E-state index is -1.35. The van der Waals surface area contributed by atoms with E-state index in [4.69, 9.17) is 37.4 Å². The maximum atomic E-state index is 16.3. The molecule has 9 rings (SSSR count). The number of halogens is 3. The monoisotopic (exact) mass is 1040 g/mol. The van der Waals surface area contributed by atoms with Gasteiger partial charge in [0.1, 0.15) is 17.3 Å². The molecule has 1 saturated carbocycles. The maximum Gasteiger partial charge on any atom is 0.264 e. The molecular weight excluding hydrogens is 983 g/mol. The highest BCUT2D eigenvalue weighted by Crippen LogP contribution is 2.63. The first kappa shape index (κ1) is 51.8. The molecule has 73 heavy (non-hydrogen) atoms. The molecule has 4 aromatic rings. The van der Waals surface area contributed by atoms with Crippen molar-refractivity contribution in [3.8, 4) is 0 Å². The first-order chi connectivity index (χ1) is 35.3. The summed E-state index contributed by atoms with van der Waals surface area (Å²) in [4.78, 5) is 93.5. The van der Waals surface area contributed by atoms with E-state index in [1.165, 1.54) is 6.07 Å². The van der Waals surface area contributed by atoms with Crippen molar-refractivity contribution in [2.75, 3.05) is 62.1 Å². The quantitative estimate of drug-likeness (QED) is 0.0309. The third-order valence-corrected chi connectivity index (χ3v) is 15.2. The second kappa shape index (κ2) is 22.6. The van der Waals surface area contributed by atoms with Crippen LogP contribution in [0.5, 0.6) is 0 Å². The Bertz CT molecular complexity index is 2810. The number of rotatable bonds is 21. The molecule has 0 aromatic heterocycles. The summed E-state index contributed by atoms with van der Waals surface area (Å²) in [7, 11) is 0. The molecule has 4 heterocycles. The number of nitrogens with one attached hydrogen (secondary N) is 5. The number of Topliss-reactive ketones (excluding diaryl/α,β-unsaturated/α-hetero) is 1. The Hall–Kier alpha value is -6.08. The van der Waals surface area contributed by atoms with E-state index in [-0.39, 0.29) is 46.2 Å². The molecule has 4 atom stereocenters. The number of ketones is 1. The fourth-order valence-corrected chi connectivity index (χ4v) is 11.8. The van der Waals surface area contributed by atoms with E-state index in [1.54, 1.807) is 66.7 Å². The number of amides is 6. The zero-order valence-electron chi connectivity index (χ0n) is 40.1. The number of nitrogens with zero attached hydrogens (tertiary/aromatic N) is 1. The lowest BCUT2D eigenvalue weighted by Crippen LogP contribution is -2.60. The van der Waals surface area contributed by atoms with Gasteiger partial charge in [0.25, 0.3) is 11.8 Å². The van der Waals surface area contributed by atoms with Crippen LogP contribution in [0.4, 0.5) is 21.5 Å². The van der Waals surface area contributed by atoms with Crippen molar-refractivity contribution in [3.05, 3.63) is 123 Å². The standard InChI is InChI=1S/C54H57Cl2FN6O10/c55-33-16-19-37-40(31-33)60-52(70)54(37)45(36-10-6-11-38(56)46(36)57)47(62-53(54)22-3-1-4-23-53)49(67)59-34-17-14-32(15-18-34)42(64)13-2-5-25-71-27-29-73-30-28-72-26-8-24-58-39-12-7-9-35-44(39)51(69)63(50(35)68)41-20-21-43(65)61-48(41)66/h6-7,9-12,14-19,31,41,45,47,58,62H,1-5,8,13,20-30H2,(H,59,67)(H,60,70)(H,61,65,66)/t41?,45-,47+,54+/m0/s1. The topological polar surface area (TPSA) is 211 Å². The van der Waals surface area contributed by atoms with Crippen molar-refractivity contribution in [1.29, 1.82) is 0 Å². The maximum absolute atomic E-state index is 16.3. The summed E-state index contributed by atoms with van der Waals surface area (Å²) >= 11 is 12.8. The fraction of sp³-hybridized carbons (Fsp3) is 0.426. The van der Waals surface area contributed by atoms with Gasteiger partial charge in [-0.25, -0.2) is 4.39 Å². The molecule has 4 aliphatic heterocycles. The van der Waals surface area contributed by atoms with Crippen molar-refractivity contribution in [3.63, 3.8) is 0 Å². The molecule has 3 fully saturated rings. The largest absolute Gasteiger partial charge is 0.384 e. The molecule has 5 N–H and O–H groups in total. The molecule has 4 aromatic carbocycles. The van der Waals surface area contributed by atoms with E-state index in [9.17, 15) is 33.6 Å². The summed E-state index contributed by atoms with van der Waals surface area (Å²) in [6.07, 6.45) is 6.15. The smallest absolute Gasteiger partial charge is 0.264 e. The third kappa shape index (κ3) is 10.3. The van der Waals surface area contributed by atoms with Gasteiger partial charge in [0.05, 0.1) is 48.6 Å². The molecule has 2 saturated heterocycles. The van der Waals surface area contributed by atoms with E-state index in [0.717, 1.165) is 24.2 Å². The molecule has 19 heteroatoms. The number of benzene rings is 4. The number of ether oxygens (including phenoxy) is 3. The predicted molar refractivity (Wildman–Crippen MR) is 271 cm³/mol. The second-order valence-electron chi connectivity index (χ2n) is 19.1. The van der Waals surface area contributed by atoms with Crippen LogP contribution >= 0.6 is 23.2 Å². The van der Waals surface area contributed by atoms with E-state index in [2.05, 4.69) is 26.6 Å². The van der Waals surface area contributed by atoms with Crippen LogP contribution in [0.25, 0.3) is 0 Å². The van der Waals surface area contributed by atoms with Crippen LogP contribution in [0.3, 0.4) is 0 Å². The van der Waals surface area contributed by atoms with Gasteiger partial charge in [0.2, 0.25) is 23.6 Å². The van der Waals surface area contributed by atoms with E-state index in [1.807, 2.05) is 6.07 Å². The van der Waals surface area contributed by atoms with Gasteiger partial charge in [-0.05, 0) is 104 Å². The highest BCUT2D eigenvalue weighted by atomic mass is 35.5. The van der Waals surface area contributed by atoms with Crippen molar-refractivity contribution < 1.29 is 52.2 Å². The second-order valence-corrected chi connectivity index (χ2v) is 19.9. The molecule has 0 radical (unpaired) electrons. The average molecular weight is 1040 g/mol. The summed E-state index contributed by atoms with van der Waals surface area (Å²) < 4.78 is 33.2. The number of carbonyl (C=O) groups excluding carboxylic acids is 7. The van der Waals surface area contributed by atoms with Crippen LogP contribution in [-0.4, -0.2) is 110 Å². The van der Waals surface area contributed by atoms with Crippen LogP contribution in [0, 0.1) is 5.82 Å². The Morgan fingerprint density at radius 3 is 2.23 bits per heavy atom. The Morgan fingerprint density at radius 1 is 0.781 bits per heavy atom. The molecule has 5 aliphatic rings. The Kier molecular flexibility index (Phi) is 16.0. The Balaban J connectivity index is 0.677. The van der Waals surface area contributed by atoms with Gasteiger partial charge in [0, 0.05) is 71.7 Å². The summed E-state index contributed by atoms with van der Waals surface area (Å²) in [5.74, 6) is -4.68. The van der Waals surface area contributed by atoms with Gasteiger partial charge >= 0.3 is 0 Å². The summed E-state index contributed by atoms with van der Waals surface area (Å²) in [5.41, 5.74) is 0.997. The normalized spacial score (nSPS) is 21.9. The number of unbranched alkanes of at least 4 members (excludes halogenated alkanes) is 1. The lowest BCUT2D eigenvalue weighted by Gasteiger charge is -2.47. The van der Waals surface area contributed by atoms with Crippen molar-refractivity contribution in [1.82, 2.24) is 15.5 Å². The number of carbonyl (C=O) groups is 7. The number of fused-ring (bicyclic) bond motifs is 4. The average Bonchev–Trinajstić information content (AvgIpc) is 3.97. The highest BCUT2D eigenvalue weighted by molar-refractivity contribution is 6.31. The van der Waals surface area contributed by atoms with Crippen molar-refractivity contribution in [2.24, 2.45) is 0 Å². The molecule has 16 nitrogen and oxygen atoms in total. The third-order valence-electron chi connectivity index (χ3n) is 14.7. The molecule has 384 valence electrons. The van der Waals surface area contributed by atoms with E-state index >= 15 is 4.39 Å². The van der Waals surface area contributed by atoms with Crippen molar-refractivity contribution >= 4 is 81.5 Å². The highest BCUT2D eigenvalue weighted by Gasteiger charge is 2.72. The summed E-state index contributed by atoms with van der Waals surface area (Å²) in [6.45, 7) is 2.88. The number of hydrogen-bond donors (Lipinski definition) is 5. The number of piperidine rings is 1. The van der Waals surface area contributed by atoms with Crippen LogP contribution in [0.1, 0.15) is 119 Å². The molecule has 1 unspecified atom stereocenters. The van der Waals surface area contributed by atoms with E-state index in [0.29, 0.717) is 118 Å². The lowest BCUT2D eigenvalue weighted by molar-refractivity contribution is -0.136. The van der Waals surface area contributed by atoms with Crippen molar-refractivity contribution in [2.45, 2.75) is 99.6 Å². The van der Waals surface area contributed by atoms with Gasteiger partial charge in [-0.1, -0.05) is 66.7 Å². The van der Waals surface area contributed by atoms with Crippen LogP contribution in [0.2, 0.25) is 10.0 Å². The molecule has 0 bridgehead atoms. The number of hydrogen-bond acceptors (Lipinski definition) is 12. The molecule has 1 aliphatic carbocycles. The van der Waals surface area contributed by atoms with Gasteiger partial charge in [-0.3, -0.25) is 49.1 Å². The van der Waals surface area contributed by atoms with Crippen LogP contribution < -0.4 is 26.6 Å². The zero-order chi connectivity index (χ0) is 51.3. The lowest BCUT2D eigenvalue weighted by atomic mass is 9.55. The van der Waals surface area contributed by atoms with Crippen LogP contribution in [0.15, 0.2) is 78.9 Å². The summed E-state index contributed by atoms with van der Waals surface area (Å²) in [6, 6.07) is 19.4. The Morgan fingerprint density at radius 2 is 1.49 bits per heavy atom. The minimum absolute atomic E-state index is 0.0494. The first-order valence-corrected chi connectivity index (χ1v) is 25.7. The molecular formula is C54H57Cl2FN6O10. The molecule has 2 spiro atoms. The first-order valence-electron chi connectivity index (χ1n) is 24.9. The Labute approximate surface area is 431 Å². The number of imide groups is 2. The van der Waals surface area contributed by atoms with Gasteiger partial charge in [-0.2, -0.15) is 0 Å². The van der Waals surface area contributed by atoms with Gasteiger partial charge < -0.3 is 30.2 Å². The summed E-state index contributed by atoms with van der Waals surface area (Å²) in [5, 5.41) is 15.4. The SMILES string of the molecule is O=C1CCC(N2C(=O)c3cccc(NCCCOCCOCCOCCCCC(=O)c4ccc(NC(=O)[C@@H]5NC6(CCCCC6)[C@@]6(C(=O)Nc7cc(Cl)ccc76)[C@H]5c5cccc(Cl)c5F)cc4)c3C2=O)C(=O)N1. The van der Waals surface area contributed by atoms with Crippen LogP contribution in [-0.2, 0) is 38.8 Å². The van der Waals surface area contributed by atoms with Gasteiger partial charge in [0.15, 0.2) is 5.78 Å².